The first-order valence-electron chi connectivity index (χ1n) is 9.36. The molecule has 0 radical (unpaired) electrons. The number of amides is 2. The second-order valence-corrected chi connectivity index (χ2v) is 8.02. The van der Waals surface area contributed by atoms with Crippen molar-refractivity contribution in [3.05, 3.63) is 77.6 Å². The van der Waals surface area contributed by atoms with Gasteiger partial charge in [0.1, 0.15) is 16.8 Å². The van der Waals surface area contributed by atoms with Gasteiger partial charge in [0.25, 0.3) is 5.91 Å². The number of nitrogens with one attached hydrogen (secondary N) is 1. The average Bonchev–Trinajstić information content (AvgIpc) is 3.53. The van der Waals surface area contributed by atoms with Crippen LogP contribution >= 0.6 is 23.4 Å². The van der Waals surface area contributed by atoms with Gasteiger partial charge in [-0.1, -0.05) is 23.4 Å². The van der Waals surface area contributed by atoms with E-state index in [1.807, 2.05) is 0 Å². The number of nitrogens with zero attached hydrogens (tertiary/aromatic N) is 4. The van der Waals surface area contributed by atoms with Crippen LogP contribution in [0.15, 0.2) is 85.2 Å². The van der Waals surface area contributed by atoms with E-state index in [1.165, 1.54) is 25.0 Å². The summed E-state index contributed by atoms with van der Waals surface area (Å²) in [6.45, 7) is 0. The molecule has 1 aliphatic rings. The molecule has 3 heterocycles. The van der Waals surface area contributed by atoms with Crippen molar-refractivity contribution in [1.82, 2.24) is 5.01 Å². The first-order valence-corrected chi connectivity index (χ1v) is 10.6. The smallest absolute Gasteiger partial charge is 0.263 e. The second kappa shape index (κ2) is 10.1. The predicted molar refractivity (Wildman–Crippen MR) is 123 cm³/mol. The van der Waals surface area contributed by atoms with Gasteiger partial charge in [-0.2, -0.15) is 15.2 Å². The lowest BCUT2D eigenvalue weighted by atomic mass is 10.2. The van der Waals surface area contributed by atoms with E-state index in [0.29, 0.717) is 22.2 Å². The van der Waals surface area contributed by atoms with E-state index in [1.54, 1.807) is 48.5 Å². The van der Waals surface area contributed by atoms with Crippen LogP contribution in [-0.2, 0) is 9.59 Å². The highest BCUT2D eigenvalue weighted by Gasteiger charge is 2.39. The first-order chi connectivity index (χ1) is 15.6. The van der Waals surface area contributed by atoms with Crippen molar-refractivity contribution < 1.29 is 18.4 Å². The summed E-state index contributed by atoms with van der Waals surface area (Å²) in [5.74, 6) is 0.253. The molecule has 1 N–H and O–H groups in total. The molecule has 1 fully saturated rings. The number of halogens is 1. The molecular formula is C21H16ClN5O4S. The van der Waals surface area contributed by atoms with Gasteiger partial charge in [0.05, 0.1) is 25.0 Å². The maximum absolute atomic E-state index is 12.9. The molecule has 1 atom stereocenters. The summed E-state index contributed by atoms with van der Waals surface area (Å²) in [6, 6.07) is 13.5. The van der Waals surface area contributed by atoms with E-state index < -0.39 is 11.2 Å². The number of amidine groups is 1. The SMILES string of the molecule is O=C(CC1S/C(=N/N=C/c2ccco2)N(/N=C/c2ccco2)C1=O)Nc1ccc(Cl)cc1. The quantitative estimate of drug-likeness (QED) is 0.411. The number of anilines is 1. The second-order valence-electron chi connectivity index (χ2n) is 6.42. The molecule has 11 heteroatoms. The number of rotatable bonds is 7. The molecule has 162 valence electrons. The number of hydrogen-bond acceptors (Lipinski definition) is 8. The Labute approximate surface area is 191 Å². The fraction of sp³-hybridized carbons (Fsp3) is 0.0952. The van der Waals surface area contributed by atoms with E-state index in [0.717, 1.165) is 16.8 Å². The Bertz CT molecular complexity index is 1160. The Kier molecular flexibility index (Phi) is 6.83. The molecule has 1 saturated heterocycles. The number of thioether (sulfide) groups is 1. The summed E-state index contributed by atoms with van der Waals surface area (Å²) in [5, 5.41) is 16.1. The average molecular weight is 470 g/mol. The number of hydrogen-bond donors (Lipinski definition) is 1. The van der Waals surface area contributed by atoms with Gasteiger partial charge in [-0.05, 0) is 48.5 Å². The Balaban J connectivity index is 1.48. The highest BCUT2D eigenvalue weighted by molar-refractivity contribution is 8.15. The molecule has 1 aromatic carbocycles. The largest absolute Gasteiger partial charge is 0.463 e. The molecule has 3 aromatic rings. The van der Waals surface area contributed by atoms with Gasteiger partial charge < -0.3 is 14.2 Å². The number of hydrazone groups is 1. The molecule has 9 nitrogen and oxygen atoms in total. The lowest BCUT2D eigenvalue weighted by molar-refractivity contribution is -0.128. The van der Waals surface area contributed by atoms with E-state index in [-0.39, 0.29) is 17.5 Å². The van der Waals surface area contributed by atoms with Gasteiger partial charge in [0.2, 0.25) is 11.1 Å². The fourth-order valence-electron chi connectivity index (χ4n) is 2.65. The van der Waals surface area contributed by atoms with Crippen LogP contribution in [0.4, 0.5) is 5.69 Å². The van der Waals surface area contributed by atoms with Gasteiger partial charge in [-0.15, -0.1) is 5.10 Å². The minimum Gasteiger partial charge on any atom is -0.463 e. The van der Waals surface area contributed by atoms with E-state index in [9.17, 15) is 9.59 Å². The zero-order valence-electron chi connectivity index (χ0n) is 16.4. The standard InChI is InChI=1S/C21H16ClN5O4S/c22-14-5-7-15(8-6-14)25-19(28)11-18-20(29)27(24-13-17-4-2-10-31-17)21(32-18)26-23-12-16-3-1-9-30-16/h1-10,12-13,18H,11H2,(H,25,28)/b23-12+,24-13+,26-21+. The molecule has 2 aromatic heterocycles. The maximum atomic E-state index is 12.9. The highest BCUT2D eigenvalue weighted by Crippen LogP contribution is 2.30. The van der Waals surface area contributed by atoms with Crippen molar-refractivity contribution >= 4 is 58.5 Å². The number of furan rings is 2. The van der Waals surface area contributed by atoms with Crippen LogP contribution < -0.4 is 5.32 Å². The molecule has 0 spiro atoms. The van der Waals surface area contributed by atoms with E-state index in [4.69, 9.17) is 20.4 Å². The molecular weight excluding hydrogens is 454 g/mol. The molecule has 0 aliphatic carbocycles. The Morgan fingerprint density at radius 1 is 1.09 bits per heavy atom. The molecule has 0 saturated carbocycles. The minimum absolute atomic E-state index is 0.0696. The van der Waals surface area contributed by atoms with Crippen molar-refractivity contribution in [2.24, 2.45) is 15.3 Å². The molecule has 2 amide bonds. The molecule has 1 unspecified atom stereocenters. The Morgan fingerprint density at radius 2 is 1.78 bits per heavy atom. The van der Waals surface area contributed by atoms with Crippen molar-refractivity contribution in [1.29, 1.82) is 0 Å². The Hall–Kier alpha value is -3.63. The van der Waals surface area contributed by atoms with Crippen LogP contribution in [0.5, 0.6) is 0 Å². The summed E-state index contributed by atoms with van der Waals surface area (Å²) in [6.07, 6.45) is 5.74. The van der Waals surface area contributed by atoms with Crippen LogP contribution in [-0.4, -0.2) is 39.7 Å². The van der Waals surface area contributed by atoms with Gasteiger partial charge in [0.15, 0.2) is 0 Å². The van der Waals surface area contributed by atoms with Crippen molar-refractivity contribution in [3.63, 3.8) is 0 Å². The molecule has 1 aliphatic heterocycles. The number of benzene rings is 1. The summed E-state index contributed by atoms with van der Waals surface area (Å²) < 4.78 is 10.4. The number of carbonyl (C=O) groups is 2. The van der Waals surface area contributed by atoms with E-state index in [2.05, 4.69) is 20.6 Å². The molecule has 0 bridgehead atoms. The highest BCUT2D eigenvalue weighted by atomic mass is 35.5. The maximum Gasteiger partial charge on any atom is 0.263 e. The van der Waals surface area contributed by atoms with Crippen molar-refractivity contribution in [3.8, 4) is 0 Å². The zero-order chi connectivity index (χ0) is 22.3. The number of carbonyl (C=O) groups excluding carboxylic acids is 2. The van der Waals surface area contributed by atoms with Crippen molar-refractivity contribution in [2.75, 3.05) is 5.32 Å². The molecule has 32 heavy (non-hydrogen) atoms. The molecule has 4 rings (SSSR count). The summed E-state index contributed by atoms with van der Waals surface area (Å²) in [5.41, 5.74) is 0.583. The third-order valence-corrected chi connectivity index (χ3v) is 5.50. The lowest BCUT2D eigenvalue weighted by Crippen LogP contribution is -2.29. The zero-order valence-corrected chi connectivity index (χ0v) is 18.0. The van der Waals surface area contributed by atoms with Gasteiger partial charge in [-0.25, -0.2) is 0 Å². The van der Waals surface area contributed by atoms with Crippen LogP contribution in [0.2, 0.25) is 5.02 Å². The summed E-state index contributed by atoms with van der Waals surface area (Å²) in [4.78, 5) is 25.4. The predicted octanol–water partition coefficient (Wildman–Crippen LogP) is 4.22. The van der Waals surface area contributed by atoms with Gasteiger partial charge in [-0.3, -0.25) is 9.59 Å². The summed E-state index contributed by atoms with van der Waals surface area (Å²) >= 11 is 6.96. The van der Waals surface area contributed by atoms with Crippen molar-refractivity contribution in [2.45, 2.75) is 11.7 Å². The van der Waals surface area contributed by atoms with Gasteiger partial charge in [0, 0.05) is 17.1 Å². The van der Waals surface area contributed by atoms with E-state index >= 15 is 0 Å². The normalized spacial score (nSPS) is 17.8. The van der Waals surface area contributed by atoms with Gasteiger partial charge >= 0.3 is 0 Å². The fourth-order valence-corrected chi connectivity index (χ4v) is 3.80. The van der Waals surface area contributed by atoms with Crippen LogP contribution in [0.3, 0.4) is 0 Å². The lowest BCUT2D eigenvalue weighted by Gasteiger charge is -2.09. The van der Waals surface area contributed by atoms with Crippen LogP contribution in [0.25, 0.3) is 0 Å². The minimum atomic E-state index is -0.714. The monoisotopic (exact) mass is 469 g/mol. The topological polar surface area (TPSA) is 113 Å². The van der Waals surface area contributed by atoms with Crippen LogP contribution in [0.1, 0.15) is 17.9 Å². The first kappa shape index (κ1) is 21.6. The third-order valence-electron chi connectivity index (χ3n) is 4.13. The summed E-state index contributed by atoms with van der Waals surface area (Å²) in [7, 11) is 0. The Morgan fingerprint density at radius 3 is 2.44 bits per heavy atom. The van der Waals surface area contributed by atoms with Crippen LogP contribution in [0, 0.1) is 0 Å². The third kappa shape index (κ3) is 5.54.